The van der Waals surface area contributed by atoms with Gasteiger partial charge >= 0.3 is 17.9 Å². The van der Waals surface area contributed by atoms with Crippen LogP contribution in [-0.4, -0.2) is 88.4 Å². The number of rotatable bonds is 6. The molecule has 0 aromatic heterocycles. The van der Waals surface area contributed by atoms with Gasteiger partial charge in [-0.1, -0.05) is 19.4 Å². The van der Waals surface area contributed by atoms with E-state index in [1.807, 2.05) is 6.92 Å². The molecule has 11 nitrogen and oxygen atoms in total. The molecule has 11 heteroatoms. The lowest BCUT2D eigenvalue weighted by Crippen LogP contribution is -2.67. The predicted octanol–water partition coefficient (Wildman–Crippen LogP) is 1.48. The molecular formula is C36H42O11. The summed E-state index contributed by atoms with van der Waals surface area (Å²) < 4.78 is 17.3. The second-order valence-electron chi connectivity index (χ2n) is 15.7. The molecule has 0 radical (unpaired) electrons. The summed E-state index contributed by atoms with van der Waals surface area (Å²) in [4.78, 5) is 54.1. The molecule has 47 heavy (non-hydrogen) atoms. The van der Waals surface area contributed by atoms with Crippen molar-refractivity contribution in [3.8, 4) is 0 Å². The molecule has 0 unspecified atom stereocenters. The highest BCUT2D eigenvalue weighted by Gasteiger charge is 2.84. The number of allylic oxidation sites excluding steroid dienone is 1. The van der Waals surface area contributed by atoms with Crippen LogP contribution in [-0.2, 0) is 33.4 Å². The molecule has 8 aliphatic rings. The summed E-state index contributed by atoms with van der Waals surface area (Å²) >= 11 is 0. The molecular weight excluding hydrogens is 608 g/mol. The standard InChI is InChI=1S/C36H42O11/c1-14(6-7-37)30(41)46-13-35(44)22-10-21(22)33(3)23(35)11-20-18(12-38)32(43)47-36(20)24(33)9-17-16-8-19(16)34(4)26(17)27(36)25(28(39)29(34)40)15(2)31(42)45-5/h6,16,19,21-24,27,29,37-38,40,44H,7-13H2,1-5H3/b14-6+,25-15?/t16-,19-,21-,22+,23-,24+,27+,29+,33+,34+,35+,36+/m1/s1. The summed E-state index contributed by atoms with van der Waals surface area (Å²) in [5, 5.41) is 44.1. The molecule has 4 N–H and O–H groups in total. The van der Waals surface area contributed by atoms with E-state index in [1.54, 1.807) is 0 Å². The number of ketones is 1. The largest absolute Gasteiger partial charge is 0.466 e. The Bertz CT molecular complexity index is 1700. The quantitative estimate of drug-likeness (QED) is 0.142. The summed E-state index contributed by atoms with van der Waals surface area (Å²) in [5.41, 5.74) is -1.41. The van der Waals surface area contributed by atoms with Crippen LogP contribution in [0.3, 0.4) is 0 Å². The van der Waals surface area contributed by atoms with E-state index in [0.29, 0.717) is 18.4 Å². The summed E-state index contributed by atoms with van der Waals surface area (Å²) in [6.45, 7) is 5.89. The molecule has 7 aliphatic carbocycles. The third kappa shape index (κ3) is 3.41. The Kier molecular flexibility index (Phi) is 6.31. The van der Waals surface area contributed by atoms with E-state index in [2.05, 4.69) is 6.92 Å². The molecule has 8 rings (SSSR count). The van der Waals surface area contributed by atoms with Crippen LogP contribution in [0.5, 0.6) is 0 Å². The number of aliphatic hydroxyl groups is 4. The molecule has 252 valence electrons. The van der Waals surface area contributed by atoms with E-state index in [9.17, 15) is 39.6 Å². The van der Waals surface area contributed by atoms with Crippen molar-refractivity contribution in [1.82, 2.24) is 0 Å². The predicted molar refractivity (Wildman–Crippen MR) is 162 cm³/mol. The molecule has 5 fully saturated rings. The molecule has 12 atom stereocenters. The molecule has 0 aromatic rings. The lowest BCUT2D eigenvalue weighted by molar-refractivity contribution is -0.191. The molecule has 0 amide bonds. The van der Waals surface area contributed by atoms with Gasteiger partial charge in [0.05, 0.1) is 31.8 Å². The van der Waals surface area contributed by atoms with E-state index in [-0.39, 0.29) is 65.6 Å². The smallest absolute Gasteiger partial charge is 0.337 e. The molecule has 1 heterocycles. The van der Waals surface area contributed by atoms with E-state index in [0.717, 1.165) is 17.6 Å². The molecule has 1 spiro atoms. The van der Waals surface area contributed by atoms with Crippen LogP contribution in [0, 0.1) is 52.3 Å². The maximum absolute atomic E-state index is 14.4. The number of fused-ring (bicyclic) bond motifs is 7. The fraction of sp³-hybridized carbons (Fsp3) is 0.667. The average Bonchev–Trinajstić information content (AvgIpc) is 3.96. The van der Waals surface area contributed by atoms with Crippen LogP contribution >= 0.6 is 0 Å². The average molecular weight is 651 g/mol. The fourth-order valence-electron chi connectivity index (χ4n) is 12.1. The third-order valence-corrected chi connectivity index (χ3v) is 14.3. The summed E-state index contributed by atoms with van der Waals surface area (Å²) in [6.07, 6.45) is 2.16. The van der Waals surface area contributed by atoms with Gasteiger partial charge in [-0.05, 0) is 85.8 Å². The van der Waals surface area contributed by atoms with Crippen LogP contribution in [0.1, 0.15) is 53.4 Å². The van der Waals surface area contributed by atoms with Crippen molar-refractivity contribution in [1.29, 1.82) is 0 Å². The Labute approximate surface area is 272 Å². The minimum absolute atomic E-state index is 0.00883. The number of hydrogen-bond donors (Lipinski definition) is 4. The number of methoxy groups -OCH3 is 1. The van der Waals surface area contributed by atoms with Crippen LogP contribution < -0.4 is 0 Å². The monoisotopic (exact) mass is 650 g/mol. The van der Waals surface area contributed by atoms with Gasteiger partial charge in [-0.25, -0.2) is 14.4 Å². The van der Waals surface area contributed by atoms with Gasteiger partial charge in [-0.2, -0.15) is 0 Å². The number of hydrogen-bond acceptors (Lipinski definition) is 11. The second kappa shape index (κ2) is 9.52. The number of ether oxygens (including phenoxy) is 3. The molecule has 5 saturated carbocycles. The molecule has 0 aromatic carbocycles. The first-order valence-electron chi connectivity index (χ1n) is 16.7. The minimum Gasteiger partial charge on any atom is -0.466 e. The van der Waals surface area contributed by atoms with Gasteiger partial charge in [0, 0.05) is 34.0 Å². The zero-order valence-corrected chi connectivity index (χ0v) is 27.3. The highest BCUT2D eigenvalue weighted by molar-refractivity contribution is 6.09. The number of aliphatic hydroxyl groups excluding tert-OH is 3. The van der Waals surface area contributed by atoms with Crippen molar-refractivity contribution in [2.75, 3.05) is 26.9 Å². The van der Waals surface area contributed by atoms with Crippen molar-refractivity contribution >= 4 is 23.7 Å². The van der Waals surface area contributed by atoms with E-state index >= 15 is 0 Å². The van der Waals surface area contributed by atoms with E-state index in [1.165, 1.54) is 27.0 Å². The van der Waals surface area contributed by atoms with Gasteiger partial charge in [0.1, 0.15) is 23.9 Å². The fourth-order valence-corrected chi connectivity index (χ4v) is 12.1. The topological polar surface area (TPSA) is 177 Å². The Hall–Kier alpha value is -3.12. The van der Waals surface area contributed by atoms with Crippen LogP contribution in [0.15, 0.2) is 45.1 Å². The van der Waals surface area contributed by atoms with E-state index in [4.69, 9.17) is 14.2 Å². The van der Waals surface area contributed by atoms with Gasteiger partial charge in [-0.15, -0.1) is 0 Å². The number of Topliss-reactive ketones (excluding diaryl/α,β-unsaturated/α-hetero) is 1. The van der Waals surface area contributed by atoms with Crippen molar-refractivity contribution in [2.24, 2.45) is 52.3 Å². The lowest BCUT2D eigenvalue weighted by Gasteiger charge is -2.63. The number of carbonyl (C=O) groups excluding carboxylic acids is 4. The van der Waals surface area contributed by atoms with Gasteiger partial charge < -0.3 is 34.6 Å². The molecule has 1 aliphatic heterocycles. The lowest BCUT2D eigenvalue weighted by atomic mass is 9.42. The van der Waals surface area contributed by atoms with E-state index < -0.39 is 76.2 Å². The maximum Gasteiger partial charge on any atom is 0.337 e. The van der Waals surface area contributed by atoms with Gasteiger partial charge in [0.2, 0.25) is 0 Å². The van der Waals surface area contributed by atoms with Crippen molar-refractivity contribution in [3.05, 3.63) is 45.1 Å². The van der Waals surface area contributed by atoms with Crippen molar-refractivity contribution in [3.63, 3.8) is 0 Å². The molecule has 0 saturated heterocycles. The SMILES string of the molecule is COC(=O)C(C)=C1C(=O)[C@H](O)[C@]2(C)C3=C(C[C@@H]4[C@]5(OC(=O)C(CO)=C5C[C@H]5[C@](O)(COC(=O)/C(C)=C/CO)[C@H]6C[C@H]6[C@]45C)[C@@H]13)[C@H]1C[C@H]12. The first-order valence-corrected chi connectivity index (χ1v) is 16.7. The highest BCUT2D eigenvalue weighted by atomic mass is 16.6. The normalized spacial score (nSPS) is 47.7. The Morgan fingerprint density at radius 3 is 2.40 bits per heavy atom. The van der Waals surface area contributed by atoms with Gasteiger partial charge in [0.25, 0.3) is 0 Å². The third-order valence-electron chi connectivity index (χ3n) is 14.3. The van der Waals surface area contributed by atoms with Gasteiger partial charge in [-0.3, -0.25) is 4.79 Å². The summed E-state index contributed by atoms with van der Waals surface area (Å²) in [6, 6.07) is 0. The Morgan fingerprint density at radius 1 is 1.02 bits per heavy atom. The number of carbonyl (C=O) groups is 4. The Morgan fingerprint density at radius 2 is 1.74 bits per heavy atom. The van der Waals surface area contributed by atoms with Crippen LogP contribution in [0.2, 0.25) is 0 Å². The summed E-state index contributed by atoms with van der Waals surface area (Å²) in [5.74, 6) is -4.35. The first-order chi connectivity index (χ1) is 22.2. The zero-order chi connectivity index (χ0) is 33.7. The van der Waals surface area contributed by atoms with Crippen molar-refractivity contribution < 1.29 is 53.8 Å². The second-order valence-corrected chi connectivity index (χ2v) is 15.7. The number of esters is 3. The molecule has 0 bridgehead atoms. The van der Waals surface area contributed by atoms with Crippen LogP contribution in [0.4, 0.5) is 0 Å². The first kappa shape index (κ1) is 31.2. The maximum atomic E-state index is 14.4. The Balaban J connectivity index is 1.34. The zero-order valence-electron chi connectivity index (χ0n) is 27.3. The van der Waals surface area contributed by atoms with Crippen molar-refractivity contribution in [2.45, 2.75) is 70.7 Å². The van der Waals surface area contributed by atoms with Gasteiger partial charge in [0.15, 0.2) is 5.78 Å². The summed E-state index contributed by atoms with van der Waals surface area (Å²) in [7, 11) is 1.23. The minimum atomic E-state index is -1.43. The highest BCUT2D eigenvalue weighted by Crippen LogP contribution is 2.83. The van der Waals surface area contributed by atoms with Crippen LogP contribution in [0.25, 0.3) is 0 Å².